The number of amides is 2. The number of rotatable bonds is 4. The summed E-state index contributed by atoms with van der Waals surface area (Å²) in [6, 6.07) is 7.12. The van der Waals surface area contributed by atoms with Gasteiger partial charge >= 0.3 is 0 Å². The van der Waals surface area contributed by atoms with Crippen molar-refractivity contribution in [1.82, 2.24) is 14.6 Å². The van der Waals surface area contributed by atoms with Gasteiger partial charge in [0, 0.05) is 18.0 Å². The Morgan fingerprint density at radius 1 is 1.22 bits per heavy atom. The van der Waals surface area contributed by atoms with Gasteiger partial charge in [-0.2, -0.15) is 4.98 Å². The topological polar surface area (TPSA) is 88.4 Å². The fraction of sp³-hybridized carbons (Fsp3) is 0.200. The lowest BCUT2D eigenvalue weighted by Crippen LogP contribution is -2.15. The van der Waals surface area contributed by atoms with Gasteiger partial charge in [-0.3, -0.25) is 14.9 Å². The fourth-order valence-electron chi connectivity index (χ4n) is 2.11. The van der Waals surface area contributed by atoms with E-state index in [0.29, 0.717) is 11.6 Å². The Kier molecular flexibility index (Phi) is 4.07. The second kappa shape index (κ2) is 6.17. The summed E-state index contributed by atoms with van der Waals surface area (Å²) in [5.74, 6) is -0.00962. The van der Waals surface area contributed by atoms with Crippen molar-refractivity contribution in [3.63, 3.8) is 0 Å². The molecule has 0 saturated carbocycles. The minimum Gasteiger partial charge on any atom is -0.326 e. The number of hydrogen-bond donors (Lipinski definition) is 2. The molecule has 0 radical (unpaired) electrons. The maximum absolute atomic E-state index is 12.1. The van der Waals surface area contributed by atoms with E-state index in [1.54, 1.807) is 28.8 Å². The highest BCUT2D eigenvalue weighted by Crippen LogP contribution is 2.15. The summed E-state index contributed by atoms with van der Waals surface area (Å²) in [6.45, 7) is 3.38. The summed E-state index contributed by atoms with van der Waals surface area (Å²) in [5, 5.41) is 11.6. The number of fused-ring (bicyclic) bond motifs is 1. The van der Waals surface area contributed by atoms with E-state index in [9.17, 15) is 9.59 Å². The predicted molar refractivity (Wildman–Crippen MR) is 88.7 cm³/mol. The molecule has 0 unspecified atom stereocenters. The molecule has 0 aliphatic carbocycles. The van der Waals surface area contributed by atoms with Gasteiger partial charge in [0.05, 0.1) is 12.1 Å². The molecular formula is C15H15N5O2S. The number of hydrogen-bond acceptors (Lipinski definition) is 5. The van der Waals surface area contributed by atoms with Crippen molar-refractivity contribution in [2.75, 3.05) is 10.6 Å². The van der Waals surface area contributed by atoms with Gasteiger partial charge in [0.2, 0.25) is 22.7 Å². The van der Waals surface area contributed by atoms with Gasteiger partial charge in [0.25, 0.3) is 0 Å². The van der Waals surface area contributed by atoms with Crippen LogP contribution < -0.4 is 10.6 Å². The van der Waals surface area contributed by atoms with Crippen molar-refractivity contribution >= 4 is 39.7 Å². The highest BCUT2D eigenvalue weighted by atomic mass is 32.1. The molecule has 23 heavy (non-hydrogen) atoms. The normalized spacial score (nSPS) is 10.7. The third kappa shape index (κ3) is 3.54. The molecule has 7 nitrogen and oxygen atoms in total. The first-order valence-corrected chi connectivity index (χ1v) is 7.86. The van der Waals surface area contributed by atoms with Crippen LogP contribution in [0.4, 0.5) is 11.6 Å². The molecule has 2 heterocycles. The average Bonchev–Trinajstić information content (AvgIpc) is 3.02. The van der Waals surface area contributed by atoms with E-state index >= 15 is 0 Å². The highest BCUT2D eigenvalue weighted by molar-refractivity contribution is 7.15. The van der Waals surface area contributed by atoms with Crippen LogP contribution in [-0.2, 0) is 16.0 Å². The molecule has 118 valence electrons. The molecule has 0 fully saturated rings. The largest absolute Gasteiger partial charge is 0.326 e. The van der Waals surface area contributed by atoms with Crippen LogP contribution in [0.5, 0.6) is 0 Å². The third-order valence-corrected chi connectivity index (χ3v) is 4.07. The quantitative estimate of drug-likeness (QED) is 0.768. The summed E-state index contributed by atoms with van der Waals surface area (Å²) in [4.78, 5) is 28.0. The Bertz CT molecular complexity index is 866. The van der Waals surface area contributed by atoms with E-state index in [-0.39, 0.29) is 18.2 Å². The number of aryl methyl sites for hydroxylation is 1. The van der Waals surface area contributed by atoms with Gasteiger partial charge in [0.1, 0.15) is 0 Å². The van der Waals surface area contributed by atoms with Crippen LogP contribution in [0.3, 0.4) is 0 Å². The number of thiazole rings is 1. The van der Waals surface area contributed by atoms with Crippen molar-refractivity contribution in [1.29, 1.82) is 0 Å². The van der Waals surface area contributed by atoms with E-state index in [1.165, 1.54) is 18.3 Å². The van der Waals surface area contributed by atoms with Gasteiger partial charge in [-0.25, -0.2) is 4.52 Å². The molecule has 0 bridgehead atoms. The van der Waals surface area contributed by atoms with Crippen molar-refractivity contribution in [3.05, 3.63) is 40.9 Å². The maximum atomic E-state index is 12.1. The Morgan fingerprint density at radius 3 is 2.61 bits per heavy atom. The SMILES string of the molecule is CC(=O)Nc1ccc(CC(=O)Nc2nc3scc(C)n3n2)cc1. The van der Waals surface area contributed by atoms with Crippen molar-refractivity contribution in [2.24, 2.45) is 0 Å². The summed E-state index contributed by atoms with van der Waals surface area (Å²) in [5.41, 5.74) is 2.52. The molecule has 0 aliphatic rings. The number of nitrogens with one attached hydrogen (secondary N) is 2. The zero-order valence-electron chi connectivity index (χ0n) is 12.7. The lowest BCUT2D eigenvalue weighted by atomic mass is 10.1. The lowest BCUT2D eigenvalue weighted by Gasteiger charge is -2.04. The van der Waals surface area contributed by atoms with Gasteiger partial charge in [-0.1, -0.05) is 12.1 Å². The molecule has 0 atom stereocenters. The molecular weight excluding hydrogens is 314 g/mol. The molecule has 3 rings (SSSR count). The van der Waals surface area contributed by atoms with Crippen LogP contribution in [0.15, 0.2) is 29.6 Å². The van der Waals surface area contributed by atoms with Gasteiger partial charge in [0.15, 0.2) is 0 Å². The maximum Gasteiger partial charge on any atom is 0.250 e. The first kappa shape index (κ1) is 15.2. The highest BCUT2D eigenvalue weighted by Gasteiger charge is 2.11. The van der Waals surface area contributed by atoms with Crippen molar-refractivity contribution in [2.45, 2.75) is 20.3 Å². The lowest BCUT2D eigenvalue weighted by molar-refractivity contribution is -0.116. The first-order chi connectivity index (χ1) is 11.0. The van der Waals surface area contributed by atoms with Gasteiger partial charge in [-0.05, 0) is 24.6 Å². The standard InChI is InChI=1S/C15H15N5O2S/c1-9-8-23-15-18-14(19-20(9)15)17-13(22)7-11-3-5-12(6-4-11)16-10(2)21/h3-6,8H,7H2,1-2H3,(H,16,21)(H,17,19,22). The van der Waals surface area contributed by atoms with E-state index in [4.69, 9.17) is 0 Å². The number of benzene rings is 1. The average molecular weight is 329 g/mol. The minimum absolute atomic E-state index is 0.128. The summed E-state index contributed by atoms with van der Waals surface area (Å²) in [7, 11) is 0. The van der Waals surface area contributed by atoms with Crippen LogP contribution >= 0.6 is 11.3 Å². The molecule has 3 aromatic rings. The molecule has 0 aliphatic heterocycles. The Balaban J connectivity index is 1.63. The number of aromatic nitrogens is 3. The molecule has 2 aromatic heterocycles. The number of carbonyl (C=O) groups excluding carboxylic acids is 2. The number of anilines is 2. The monoisotopic (exact) mass is 329 g/mol. The molecule has 8 heteroatoms. The van der Waals surface area contributed by atoms with Gasteiger partial charge < -0.3 is 5.32 Å². The third-order valence-electron chi connectivity index (χ3n) is 3.14. The molecule has 1 aromatic carbocycles. The van der Waals surface area contributed by atoms with Crippen LogP contribution in [0.1, 0.15) is 18.2 Å². The Hall–Kier alpha value is -2.74. The zero-order valence-corrected chi connectivity index (χ0v) is 13.5. The van der Waals surface area contributed by atoms with Gasteiger partial charge in [-0.15, -0.1) is 16.4 Å². The summed E-state index contributed by atoms with van der Waals surface area (Å²) < 4.78 is 1.70. The van der Waals surface area contributed by atoms with Crippen LogP contribution in [0, 0.1) is 6.92 Å². The summed E-state index contributed by atoms with van der Waals surface area (Å²) in [6.07, 6.45) is 0.214. The minimum atomic E-state index is -0.187. The predicted octanol–water partition coefficient (Wildman–Crippen LogP) is 2.24. The summed E-state index contributed by atoms with van der Waals surface area (Å²) >= 11 is 1.48. The smallest absolute Gasteiger partial charge is 0.250 e. The van der Waals surface area contributed by atoms with E-state index in [2.05, 4.69) is 20.7 Å². The molecule has 2 N–H and O–H groups in total. The van der Waals surface area contributed by atoms with Crippen LogP contribution in [0.2, 0.25) is 0 Å². The Morgan fingerprint density at radius 2 is 1.96 bits per heavy atom. The van der Waals surface area contributed by atoms with Crippen molar-refractivity contribution < 1.29 is 9.59 Å². The number of nitrogens with zero attached hydrogens (tertiary/aromatic N) is 3. The number of carbonyl (C=O) groups is 2. The Labute approximate surface area is 136 Å². The van der Waals surface area contributed by atoms with Crippen LogP contribution in [0.25, 0.3) is 4.96 Å². The fourth-order valence-corrected chi connectivity index (χ4v) is 2.91. The van der Waals surface area contributed by atoms with Crippen LogP contribution in [-0.4, -0.2) is 26.4 Å². The molecule has 0 saturated heterocycles. The second-order valence-corrected chi connectivity index (χ2v) is 5.95. The first-order valence-electron chi connectivity index (χ1n) is 6.98. The molecule has 2 amide bonds. The van der Waals surface area contributed by atoms with E-state index in [0.717, 1.165) is 16.2 Å². The van der Waals surface area contributed by atoms with E-state index in [1.807, 2.05) is 12.3 Å². The van der Waals surface area contributed by atoms with Crippen molar-refractivity contribution in [3.8, 4) is 0 Å². The molecule has 0 spiro atoms. The van der Waals surface area contributed by atoms with E-state index < -0.39 is 0 Å². The zero-order chi connectivity index (χ0) is 16.4. The second-order valence-electron chi connectivity index (χ2n) is 5.11.